The monoisotopic (exact) mass is 304 g/mol. The van der Waals surface area contributed by atoms with Crippen molar-refractivity contribution in [2.75, 3.05) is 13.7 Å². The number of primary sulfonamides is 1. The number of nitrogens with zero attached hydrogens (tertiary/aromatic N) is 1. The van der Waals surface area contributed by atoms with Crippen LogP contribution in [0.25, 0.3) is 0 Å². The van der Waals surface area contributed by atoms with Crippen molar-refractivity contribution < 1.29 is 22.7 Å². The number of sulfonamides is 1. The van der Waals surface area contributed by atoms with Crippen LogP contribution < -0.4 is 5.14 Å². The number of nitrogens with two attached hydrogens (primary N) is 1. The summed E-state index contributed by atoms with van der Waals surface area (Å²) in [5.74, 6) is -0.608. The van der Waals surface area contributed by atoms with Crippen molar-refractivity contribution in [3.05, 3.63) is 18.0 Å². The Kier molecular flexibility index (Phi) is 4.95. The molecule has 0 fully saturated rings. The van der Waals surface area contributed by atoms with Crippen molar-refractivity contribution in [1.82, 2.24) is 4.57 Å². The molecular formula is C12H20N2O5S. The van der Waals surface area contributed by atoms with E-state index >= 15 is 0 Å². The van der Waals surface area contributed by atoms with Gasteiger partial charge in [0.2, 0.25) is 10.0 Å². The summed E-state index contributed by atoms with van der Waals surface area (Å²) in [7, 11) is -2.37. The number of methoxy groups -OCH3 is 1. The van der Waals surface area contributed by atoms with E-state index < -0.39 is 21.6 Å². The predicted molar refractivity (Wildman–Crippen MR) is 72.8 cm³/mol. The van der Waals surface area contributed by atoms with Gasteiger partial charge in [-0.05, 0) is 26.8 Å². The Balaban J connectivity index is 3.15. The van der Waals surface area contributed by atoms with E-state index in [0.29, 0.717) is 13.2 Å². The third-order valence-corrected chi connectivity index (χ3v) is 3.22. The van der Waals surface area contributed by atoms with Gasteiger partial charge in [0.05, 0.1) is 6.61 Å². The lowest BCUT2D eigenvalue weighted by molar-refractivity contribution is 0.00564. The molecule has 0 unspecified atom stereocenters. The summed E-state index contributed by atoms with van der Waals surface area (Å²) < 4.78 is 34.3. The van der Waals surface area contributed by atoms with Gasteiger partial charge in [0.15, 0.2) is 0 Å². The van der Waals surface area contributed by atoms with E-state index in [2.05, 4.69) is 0 Å². The Morgan fingerprint density at radius 1 is 1.40 bits per heavy atom. The third kappa shape index (κ3) is 4.62. The Bertz CT molecular complexity index is 583. The molecule has 2 N–H and O–H groups in total. The molecule has 0 aliphatic rings. The average molecular weight is 304 g/mol. The summed E-state index contributed by atoms with van der Waals surface area (Å²) >= 11 is 0. The molecule has 1 rings (SSSR count). The van der Waals surface area contributed by atoms with Gasteiger partial charge in [-0.15, -0.1) is 0 Å². The predicted octanol–water partition coefficient (Wildman–Crippen LogP) is 0.737. The highest BCUT2D eigenvalue weighted by molar-refractivity contribution is 7.89. The van der Waals surface area contributed by atoms with Gasteiger partial charge in [-0.1, -0.05) is 0 Å². The number of hydrogen-bond donors (Lipinski definition) is 1. The van der Waals surface area contributed by atoms with E-state index in [1.165, 1.54) is 23.9 Å². The molecule has 1 aromatic rings. The molecule has 8 heteroatoms. The molecule has 0 aromatic carbocycles. The highest BCUT2D eigenvalue weighted by Gasteiger charge is 2.23. The van der Waals surface area contributed by atoms with Crippen LogP contribution in [0.4, 0.5) is 0 Å². The maximum Gasteiger partial charge on any atom is 0.355 e. The number of esters is 1. The van der Waals surface area contributed by atoms with Crippen LogP contribution in [0.1, 0.15) is 31.3 Å². The minimum absolute atomic E-state index is 0.126. The molecule has 1 aromatic heterocycles. The zero-order chi connectivity index (χ0) is 15.6. The molecule has 0 aliphatic carbocycles. The van der Waals surface area contributed by atoms with Gasteiger partial charge < -0.3 is 14.0 Å². The lowest BCUT2D eigenvalue weighted by atomic mass is 10.2. The summed E-state index contributed by atoms with van der Waals surface area (Å²) in [6.07, 6.45) is 1.30. The van der Waals surface area contributed by atoms with Gasteiger partial charge in [-0.2, -0.15) is 0 Å². The highest BCUT2D eigenvalue weighted by Crippen LogP contribution is 2.17. The molecule has 20 heavy (non-hydrogen) atoms. The van der Waals surface area contributed by atoms with E-state index in [1.807, 2.05) is 0 Å². The Labute approximate surface area is 118 Å². The zero-order valence-corrected chi connectivity index (χ0v) is 12.9. The van der Waals surface area contributed by atoms with Crippen molar-refractivity contribution in [3.63, 3.8) is 0 Å². The second kappa shape index (κ2) is 5.94. The lowest BCUT2D eigenvalue weighted by Crippen LogP contribution is -2.25. The van der Waals surface area contributed by atoms with Gasteiger partial charge in [0.1, 0.15) is 16.2 Å². The van der Waals surface area contributed by atoms with Crippen molar-refractivity contribution >= 4 is 16.0 Å². The number of carbonyl (C=O) groups excluding carboxylic acids is 1. The summed E-state index contributed by atoms with van der Waals surface area (Å²) in [4.78, 5) is 11.9. The Morgan fingerprint density at radius 3 is 2.45 bits per heavy atom. The van der Waals surface area contributed by atoms with E-state index in [9.17, 15) is 13.2 Å². The maximum absolute atomic E-state index is 12.1. The van der Waals surface area contributed by atoms with E-state index in [1.54, 1.807) is 20.8 Å². The fourth-order valence-corrected chi connectivity index (χ4v) is 2.06. The summed E-state index contributed by atoms with van der Waals surface area (Å²) in [6, 6.07) is 1.21. The first-order valence-corrected chi connectivity index (χ1v) is 7.54. The van der Waals surface area contributed by atoms with Crippen LogP contribution in [0.3, 0.4) is 0 Å². The number of aromatic nitrogens is 1. The number of rotatable bonds is 5. The molecule has 0 aliphatic heterocycles. The van der Waals surface area contributed by atoms with Crippen LogP contribution in [0.5, 0.6) is 0 Å². The van der Waals surface area contributed by atoms with Gasteiger partial charge in [-0.25, -0.2) is 18.4 Å². The molecule has 7 nitrogen and oxygen atoms in total. The molecule has 0 saturated heterocycles. The lowest BCUT2D eigenvalue weighted by Gasteiger charge is -2.20. The maximum atomic E-state index is 12.1. The van der Waals surface area contributed by atoms with E-state index in [-0.39, 0.29) is 10.6 Å². The van der Waals surface area contributed by atoms with Crippen LogP contribution in [0.15, 0.2) is 17.2 Å². The fraction of sp³-hybridized carbons (Fsp3) is 0.583. The second-order valence-electron chi connectivity index (χ2n) is 5.29. The largest absolute Gasteiger partial charge is 0.455 e. The van der Waals surface area contributed by atoms with Crippen LogP contribution in [0, 0.1) is 0 Å². The fourth-order valence-electron chi connectivity index (χ4n) is 1.51. The van der Waals surface area contributed by atoms with Crippen molar-refractivity contribution in [2.45, 2.75) is 37.8 Å². The first-order chi connectivity index (χ1) is 9.04. The number of hydrogen-bond acceptors (Lipinski definition) is 5. The molecule has 0 bridgehead atoms. The zero-order valence-electron chi connectivity index (χ0n) is 12.0. The highest BCUT2D eigenvalue weighted by atomic mass is 32.2. The second-order valence-corrected chi connectivity index (χ2v) is 6.86. The quantitative estimate of drug-likeness (QED) is 0.808. The molecule has 0 amide bonds. The minimum Gasteiger partial charge on any atom is -0.455 e. The molecule has 1 heterocycles. The van der Waals surface area contributed by atoms with Gasteiger partial charge >= 0.3 is 5.97 Å². The number of carbonyl (C=O) groups is 1. The normalized spacial score (nSPS) is 12.4. The van der Waals surface area contributed by atoms with E-state index in [4.69, 9.17) is 14.6 Å². The number of ether oxygens (including phenoxy) is 2. The minimum atomic E-state index is -3.88. The van der Waals surface area contributed by atoms with E-state index in [0.717, 1.165) is 0 Å². The summed E-state index contributed by atoms with van der Waals surface area (Å²) in [5, 5.41) is 5.07. The standard InChI is InChI=1S/C12H20N2O5S/c1-12(2,3)19-11(15)10-7-9(20(13,16)17)8-14(10)5-6-18-4/h7-8H,5-6H2,1-4H3,(H2,13,16,17). The van der Waals surface area contributed by atoms with Crippen LogP contribution in [0.2, 0.25) is 0 Å². The van der Waals surface area contributed by atoms with Crippen molar-refractivity contribution in [3.8, 4) is 0 Å². The molecule has 114 valence electrons. The molecule has 0 spiro atoms. The van der Waals surface area contributed by atoms with Crippen molar-refractivity contribution in [2.24, 2.45) is 5.14 Å². The Morgan fingerprint density at radius 2 is 2.00 bits per heavy atom. The smallest absolute Gasteiger partial charge is 0.355 e. The SMILES string of the molecule is COCCn1cc(S(N)(=O)=O)cc1C(=O)OC(C)(C)C. The average Bonchev–Trinajstić information content (AvgIpc) is 2.67. The summed E-state index contributed by atoms with van der Waals surface area (Å²) in [6.45, 7) is 5.84. The first-order valence-electron chi connectivity index (χ1n) is 6.00. The molecule has 0 atom stereocenters. The van der Waals surface area contributed by atoms with Gasteiger partial charge in [0.25, 0.3) is 0 Å². The third-order valence-electron chi connectivity index (χ3n) is 2.34. The van der Waals surface area contributed by atoms with Crippen LogP contribution in [-0.4, -0.2) is 38.3 Å². The van der Waals surface area contributed by atoms with Crippen LogP contribution >= 0.6 is 0 Å². The first kappa shape index (κ1) is 16.7. The summed E-state index contributed by atoms with van der Waals surface area (Å²) in [5.41, 5.74) is -0.546. The van der Waals surface area contributed by atoms with Gasteiger partial charge in [-0.3, -0.25) is 0 Å². The van der Waals surface area contributed by atoms with Gasteiger partial charge in [0, 0.05) is 19.9 Å². The van der Waals surface area contributed by atoms with Crippen LogP contribution in [-0.2, 0) is 26.0 Å². The van der Waals surface area contributed by atoms with Crippen molar-refractivity contribution in [1.29, 1.82) is 0 Å². The topological polar surface area (TPSA) is 101 Å². The molecular weight excluding hydrogens is 284 g/mol. The molecule has 0 radical (unpaired) electrons. The molecule has 0 saturated carbocycles. The Hall–Kier alpha value is -1.38.